The number of piperidine rings is 2. The van der Waals surface area contributed by atoms with Crippen LogP contribution in [0.3, 0.4) is 0 Å². The van der Waals surface area contributed by atoms with Crippen molar-refractivity contribution < 1.29 is 27.2 Å². The molecule has 16 heteroatoms. The normalized spacial score (nSPS) is 21.6. The first kappa shape index (κ1) is 38.1. The largest absolute Gasteiger partial charge is 0.368 e. The zero-order chi connectivity index (χ0) is 40.7. The molecule has 0 spiro atoms. The molecular weight excluding hydrogens is 776 g/mol. The van der Waals surface area contributed by atoms with Gasteiger partial charge in [0, 0.05) is 50.4 Å². The molecule has 300 valence electrons. The minimum atomic E-state index is -3.04. The van der Waals surface area contributed by atoms with Crippen LogP contribution in [0.5, 0.6) is 0 Å². The summed E-state index contributed by atoms with van der Waals surface area (Å²) in [7, 11) is 0. The maximum atomic E-state index is 16.1. The number of likely N-dealkylation sites (tertiary alicyclic amines) is 1. The van der Waals surface area contributed by atoms with Gasteiger partial charge in [-0.25, -0.2) is 22.5 Å². The molecule has 5 aromatic rings. The monoisotopic (exact) mass is 814 g/mol. The Labute approximate surface area is 335 Å². The predicted octanol–water partition coefficient (Wildman–Crippen LogP) is 6.22. The first-order valence-electron chi connectivity index (χ1n) is 19.3. The van der Waals surface area contributed by atoms with Crippen LogP contribution in [0.1, 0.15) is 73.2 Å². The van der Waals surface area contributed by atoms with E-state index in [9.17, 15) is 14.4 Å². The molecule has 4 aliphatic heterocycles. The highest BCUT2D eigenvalue weighted by molar-refractivity contribution is 6.35. The third-order valence-corrected chi connectivity index (χ3v) is 12.5. The lowest BCUT2D eigenvalue weighted by molar-refractivity contribution is -0.134. The molecule has 1 N–H and O–H groups in total. The predicted molar refractivity (Wildman–Crippen MR) is 210 cm³/mol. The number of piperazine rings is 1. The summed E-state index contributed by atoms with van der Waals surface area (Å²) < 4.78 is 64.3. The second kappa shape index (κ2) is 14.2. The Morgan fingerprint density at radius 2 is 1.64 bits per heavy atom. The summed E-state index contributed by atoms with van der Waals surface area (Å²) >= 11 is 6.42. The van der Waals surface area contributed by atoms with Crippen molar-refractivity contribution in [3.63, 3.8) is 0 Å². The van der Waals surface area contributed by atoms with Crippen LogP contribution >= 0.6 is 11.6 Å². The lowest BCUT2D eigenvalue weighted by Gasteiger charge is -2.38. The number of benzene rings is 3. The van der Waals surface area contributed by atoms with Gasteiger partial charge in [0.05, 0.1) is 63.5 Å². The van der Waals surface area contributed by atoms with Gasteiger partial charge in [0.2, 0.25) is 11.8 Å². The van der Waals surface area contributed by atoms with Crippen LogP contribution in [-0.4, -0.2) is 81.4 Å². The van der Waals surface area contributed by atoms with E-state index in [0.29, 0.717) is 72.2 Å². The number of alkyl halides is 2. The molecule has 3 aromatic carbocycles. The molecule has 2 amide bonds. The number of imide groups is 1. The minimum Gasteiger partial charge on any atom is -0.368 e. The summed E-state index contributed by atoms with van der Waals surface area (Å²) in [6, 6.07) is 13.1. The van der Waals surface area contributed by atoms with Gasteiger partial charge in [0.15, 0.2) is 0 Å². The number of nitrogens with one attached hydrogen (secondary N) is 1. The third kappa shape index (κ3) is 6.48. The lowest BCUT2D eigenvalue weighted by Crippen LogP contribution is -2.47. The van der Waals surface area contributed by atoms with Crippen molar-refractivity contribution in [2.24, 2.45) is 0 Å². The number of nitrogens with zero attached hydrogens (tertiary/aromatic N) is 7. The van der Waals surface area contributed by atoms with Crippen LogP contribution in [0, 0.1) is 11.6 Å². The van der Waals surface area contributed by atoms with E-state index in [-0.39, 0.29) is 36.4 Å². The third-order valence-electron chi connectivity index (χ3n) is 12.1. The molecule has 0 saturated carbocycles. The maximum absolute atomic E-state index is 16.1. The van der Waals surface area contributed by atoms with Gasteiger partial charge in [-0.05, 0) is 74.7 Å². The van der Waals surface area contributed by atoms with Crippen LogP contribution < -0.4 is 20.7 Å². The van der Waals surface area contributed by atoms with Crippen molar-refractivity contribution in [1.29, 1.82) is 0 Å². The summed E-state index contributed by atoms with van der Waals surface area (Å²) in [5.41, 5.74) is 2.25. The van der Waals surface area contributed by atoms with Gasteiger partial charge >= 0.3 is 0 Å². The number of halogens is 5. The molecule has 58 heavy (non-hydrogen) atoms. The van der Waals surface area contributed by atoms with E-state index in [1.54, 1.807) is 41.6 Å². The molecular formula is C42H39ClF4N8O3. The number of rotatable bonds is 6. The van der Waals surface area contributed by atoms with E-state index in [1.807, 2.05) is 40.3 Å². The summed E-state index contributed by atoms with van der Waals surface area (Å²) in [5.74, 6) is -6.79. The van der Waals surface area contributed by atoms with Crippen LogP contribution in [0.25, 0.3) is 16.6 Å². The van der Waals surface area contributed by atoms with Gasteiger partial charge < -0.3 is 9.80 Å². The molecule has 0 bridgehead atoms. The van der Waals surface area contributed by atoms with Gasteiger partial charge in [-0.3, -0.25) is 34.2 Å². The number of fused-ring (bicyclic) bond motifs is 5. The Hall–Kier alpha value is -5.41. The topological polar surface area (TPSA) is 117 Å². The highest BCUT2D eigenvalue weighted by Gasteiger charge is 2.47. The Morgan fingerprint density at radius 3 is 2.33 bits per heavy atom. The van der Waals surface area contributed by atoms with E-state index in [4.69, 9.17) is 11.6 Å². The molecule has 9 rings (SSSR count). The molecule has 11 nitrogen and oxygen atoms in total. The zero-order valence-electron chi connectivity index (χ0n) is 31.7. The smallest absolute Gasteiger partial charge is 0.282 e. The fraction of sp³-hybridized carbons (Fsp3) is 0.381. The van der Waals surface area contributed by atoms with Crippen LogP contribution in [0.4, 0.5) is 29.1 Å². The Morgan fingerprint density at radius 1 is 0.897 bits per heavy atom. The summed E-state index contributed by atoms with van der Waals surface area (Å²) in [6.45, 7) is 5.99. The van der Waals surface area contributed by atoms with Crippen molar-refractivity contribution in [3.05, 3.63) is 116 Å². The second-order valence-corrected chi connectivity index (χ2v) is 16.5. The highest BCUT2D eigenvalue weighted by atomic mass is 35.5. The van der Waals surface area contributed by atoms with Crippen LogP contribution in [0.2, 0.25) is 5.02 Å². The van der Waals surface area contributed by atoms with E-state index in [1.165, 1.54) is 12.1 Å². The SMILES string of the molecule is CC1(C)c2ccc(C3CCN(Cc4cnc(N5CCN(c6cc(F)c(C7CCC(=O)NC7=O)c(F)c6)CC5)cn4)CC3(F)F)cc2-n2c1nc(=O)c1c(Cl)cccc12. The fourth-order valence-electron chi connectivity index (χ4n) is 9.12. The Balaban J connectivity index is 0.841. The van der Waals surface area contributed by atoms with Crippen LogP contribution in [-0.2, 0) is 21.5 Å². The molecule has 0 radical (unpaired) electrons. The summed E-state index contributed by atoms with van der Waals surface area (Å²) in [6.07, 6.45) is 3.50. The van der Waals surface area contributed by atoms with Gasteiger partial charge in [0.25, 0.3) is 11.5 Å². The van der Waals surface area contributed by atoms with Gasteiger partial charge in [-0.1, -0.05) is 29.8 Å². The molecule has 2 unspecified atom stereocenters. The van der Waals surface area contributed by atoms with E-state index >= 15 is 17.6 Å². The lowest BCUT2D eigenvalue weighted by atomic mass is 9.82. The number of amides is 2. The molecule has 2 atom stereocenters. The van der Waals surface area contributed by atoms with Gasteiger partial charge in [-0.2, -0.15) is 4.98 Å². The number of aromatic nitrogens is 4. The summed E-state index contributed by atoms with van der Waals surface area (Å²) in [4.78, 5) is 55.9. The average molecular weight is 815 g/mol. The van der Waals surface area contributed by atoms with Crippen molar-refractivity contribution >= 4 is 45.8 Å². The first-order valence-corrected chi connectivity index (χ1v) is 19.7. The first-order chi connectivity index (χ1) is 27.7. The Kier molecular flexibility index (Phi) is 9.30. The molecule has 0 aliphatic carbocycles. The van der Waals surface area contributed by atoms with Crippen molar-refractivity contribution in [2.45, 2.75) is 62.8 Å². The van der Waals surface area contributed by atoms with Crippen molar-refractivity contribution in [2.75, 3.05) is 49.1 Å². The molecule has 2 aromatic heterocycles. The van der Waals surface area contributed by atoms with E-state index in [0.717, 1.165) is 11.3 Å². The van der Waals surface area contributed by atoms with Crippen LogP contribution in [0.15, 0.2) is 65.7 Å². The van der Waals surface area contributed by atoms with Crippen molar-refractivity contribution in [1.82, 2.24) is 29.7 Å². The van der Waals surface area contributed by atoms with E-state index in [2.05, 4.69) is 20.3 Å². The second-order valence-electron chi connectivity index (χ2n) is 16.1. The zero-order valence-corrected chi connectivity index (χ0v) is 32.5. The highest BCUT2D eigenvalue weighted by Crippen LogP contribution is 2.47. The average Bonchev–Trinajstić information content (AvgIpc) is 3.40. The van der Waals surface area contributed by atoms with E-state index < -0.39 is 58.7 Å². The summed E-state index contributed by atoms with van der Waals surface area (Å²) in [5, 5.41) is 2.73. The fourth-order valence-corrected chi connectivity index (χ4v) is 9.37. The number of carbonyl (C=O) groups is 2. The van der Waals surface area contributed by atoms with Gasteiger partial charge in [-0.15, -0.1) is 0 Å². The minimum absolute atomic E-state index is 0.0174. The molecule has 3 fully saturated rings. The number of hydrogen-bond acceptors (Lipinski definition) is 9. The standard InChI is InChI=1S/C42H39ClF4N8O3/c1-41(2)28-8-6-23(16-33(28)55-32-5-3-4-29(43)37(32)39(58)51-40(41)55)27-10-11-52(22-42(27,46)47)21-24-19-49-34(20-48-24)54-14-12-53(13-15-54)25-17-30(44)36(31(45)18-25)26-7-9-35(56)50-38(26)57/h3-6,8,16-20,26-27H,7,9-15,21-22H2,1-2H3,(H,50,56,57). The quantitative estimate of drug-likeness (QED) is 0.158. The Bertz CT molecular complexity index is 2540. The number of carbonyl (C=O) groups excluding carboxylic acids is 2. The molecule has 6 heterocycles. The molecule has 3 saturated heterocycles. The number of hydrogen-bond donors (Lipinski definition) is 1. The number of anilines is 2. The molecule has 4 aliphatic rings. The maximum Gasteiger partial charge on any atom is 0.282 e. The van der Waals surface area contributed by atoms with Gasteiger partial charge in [0.1, 0.15) is 23.3 Å². The van der Waals surface area contributed by atoms with Crippen molar-refractivity contribution in [3.8, 4) is 5.69 Å².